The van der Waals surface area contributed by atoms with Crippen molar-refractivity contribution in [3.63, 3.8) is 0 Å². The zero-order valence-corrected chi connectivity index (χ0v) is 14.6. The van der Waals surface area contributed by atoms with E-state index < -0.39 is 0 Å². The van der Waals surface area contributed by atoms with Crippen LogP contribution < -0.4 is 5.73 Å². The number of rotatable bonds is 10. The molecule has 5 heteroatoms. The van der Waals surface area contributed by atoms with Crippen LogP contribution in [0.1, 0.15) is 34.1 Å². The summed E-state index contributed by atoms with van der Waals surface area (Å²) in [5.41, 5.74) is 6.47. The second-order valence-electron chi connectivity index (χ2n) is 6.79. The SMILES string of the molecule is CCOC1CC(N)(CN(CCOC)C(C)COC)C1(C)C. The molecule has 1 rings (SSSR count). The minimum absolute atomic E-state index is 0.0128. The van der Waals surface area contributed by atoms with E-state index in [2.05, 4.69) is 25.7 Å². The lowest BCUT2D eigenvalue weighted by Gasteiger charge is -2.60. The largest absolute Gasteiger partial charge is 0.383 e. The summed E-state index contributed by atoms with van der Waals surface area (Å²) < 4.78 is 16.3. The third-order valence-electron chi connectivity index (χ3n) is 5.10. The Morgan fingerprint density at radius 3 is 2.43 bits per heavy atom. The summed E-state index contributed by atoms with van der Waals surface area (Å²) in [5, 5.41) is 0. The molecule has 0 saturated heterocycles. The zero-order chi connectivity index (χ0) is 16.1. The van der Waals surface area contributed by atoms with Gasteiger partial charge in [-0.2, -0.15) is 0 Å². The van der Waals surface area contributed by atoms with Crippen LogP contribution in [0.5, 0.6) is 0 Å². The fourth-order valence-electron chi connectivity index (χ4n) is 3.15. The van der Waals surface area contributed by atoms with Crippen LogP contribution in [0, 0.1) is 5.41 Å². The monoisotopic (exact) mass is 302 g/mol. The van der Waals surface area contributed by atoms with Crippen LogP contribution in [0.2, 0.25) is 0 Å². The third-order valence-corrected chi connectivity index (χ3v) is 5.10. The molecule has 2 N–H and O–H groups in total. The maximum Gasteiger partial charge on any atom is 0.0662 e. The smallest absolute Gasteiger partial charge is 0.0662 e. The maximum atomic E-state index is 6.70. The highest BCUT2D eigenvalue weighted by atomic mass is 16.5. The van der Waals surface area contributed by atoms with Crippen molar-refractivity contribution in [3.05, 3.63) is 0 Å². The van der Waals surface area contributed by atoms with E-state index in [1.165, 1.54) is 0 Å². The molecule has 1 aliphatic carbocycles. The van der Waals surface area contributed by atoms with Crippen LogP contribution in [0.25, 0.3) is 0 Å². The first-order valence-electron chi connectivity index (χ1n) is 7.94. The summed E-state index contributed by atoms with van der Waals surface area (Å²) in [6.07, 6.45) is 1.17. The molecular weight excluding hydrogens is 268 g/mol. The van der Waals surface area contributed by atoms with Crippen LogP contribution in [0.3, 0.4) is 0 Å². The molecule has 0 aromatic rings. The van der Waals surface area contributed by atoms with Gasteiger partial charge in [0.15, 0.2) is 0 Å². The Morgan fingerprint density at radius 1 is 1.29 bits per heavy atom. The fraction of sp³-hybridized carbons (Fsp3) is 1.00. The lowest BCUT2D eigenvalue weighted by molar-refractivity contribution is -0.159. The third kappa shape index (κ3) is 4.17. The summed E-state index contributed by atoms with van der Waals surface area (Å²) in [6, 6.07) is 0.326. The minimum atomic E-state index is -0.220. The molecule has 5 nitrogen and oxygen atoms in total. The highest BCUT2D eigenvalue weighted by Gasteiger charge is 2.58. The Kier molecular flexibility index (Phi) is 7.07. The van der Waals surface area contributed by atoms with Gasteiger partial charge in [0.05, 0.1) is 19.3 Å². The first kappa shape index (κ1) is 18.8. The molecule has 0 amide bonds. The summed E-state index contributed by atoms with van der Waals surface area (Å²) in [5.74, 6) is 0. The standard InChI is InChI=1S/C16H34N2O3/c1-7-21-14-10-16(17,15(14,3)4)12-18(8-9-19-5)13(2)11-20-6/h13-14H,7-12,17H2,1-6H3. The van der Waals surface area contributed by atoms with Crippen molar-refractivity contribution in [3.8, 4) is 0 Å². The maximum absolute atomic E-state index is 6.70. The molecular formula is C16H34N2O3. The molecule has 3 atom stereocenters. The van der Waals surface area contributed by atoms with Crippen molar-refractivity contribution >= 4 is 0 Å². The molecule has 0 heterocycles. The summed E-state index contributed by atoms with van der Waals surface area (Å²) in [7, 11) is 3.47. The van der Waals surface area contributed by atoms with Gasteiger partial charge in [-0.25, -0.2) is 0 Å². The van der Waals surface area contributed by atoms with Gasteiger partial charge in [0.25, 0.3) is 0 Å². The normalized spacial score (nSPS) is 29.4. The van der Waals surface area contributed by atoms with Crippen molar-refractivity contribution in [1.82, 2.24) is 4.90 Å². The van der Waals surface area contributed by atoms with Gasteiger partial charge in [-0.1, -0.05) is 13.8 Å². The van der Waals surface area contributed by atoms with E-state index in [0.717, 1.165) is 26.1 Å². The van der Waals surface area contributed by atoms with E-state index in [1.54, 1.807) is 14.2 Å². The molecule has 1 fully saturated rings. The molecule has 0 aliphatic heterocycles. The predicted molar refractivity (Wildman–Crippen MR) is 85.5 cm³/mol. The Labute approximate surface area is 130 Å². The van der Waals surface area contributed by atoms with E-state index in [9.17, 15) is 0 Å². The summed E-state index contributed by atoms with van der Waals surface area (Å²) in [6.45, 7) is 12.5. The van der Waals surface area contributed by atoms with Crippen molar-refractivity contribution in [1.29, 1.82) is 0 Å². The van der Waals surface area contributed by atoms with Gasteiger partial charge in [0.1, 0.15) is 0 Å². The molecule has 0 bridgehead atoms. The number of hydrogen-bond donors (Lipinski definition) is 1. The lowest BCUT2D eigenvalue weighted by Crippen LogP contribution is -2.74. The molecule has 21 heavy (non-hydrogen) atoms. The first-order valence-corrected chi connectivity index (χ1v) is 7.94. The van der Waals surface area contributed by atoms with Gasteiger partial charge in [-0.15, -0.1) is 0 Å². The fourth-order valence-corrected chi connectivity index (χ4v) is 3.15. The number of methoxy groups -OCH3 is 2. The van der Waals surface area contributed by atoms with E-state index in [1.807, 2.05) is 6.92 Å². The van der Waals surface area contributed by atoms with Crippen LogP contribution in [-0.2, 0) is 14.2 Å². The average molecular weight is 302 g/mol. The number of nitrogens with zero attached hydrogens (tertiary/aromatic N) is 1. The van der Waals surface area contributed by atoms with Crippen molar-refractivity contribution in [2.45, 2.75) is 51.8 Å². The Balaban J connectivity index is 2.69. The van der Waals surface area contributed by atoms with Crippen LogP contribution in [0.4, 0.5) is 0 Å². The second-order valence-corrected chi connectivity index (χ2v) is 6.79. The quantitative estimate of drug-likeness (QED) is 0.663. The highest BCUT2D eigenvalue weighted by molar-refractivity contribution is 5.15. The lowest BCUT2D eigenvalue weighted by atomic mass is 9.54. The van der Waals surface area contributed by atoms with E-state index in [-0.39, 0.29) is 17.1 Å². The number of ether oxygens (including phenoxy) is 3. The molecule has 126 valence electrons. The molecule has 0 radical (unpaired) electrons. The van der Waals surface area contributed by atoms with Crippen molar-refractivity contribution < 1.29 is 14.2 Å². The van der Waals surface area contributed by atoms with E-state index >= 15 is 0 Å². The van der Waals surface area contributed by atoms with Gasteiger partial charge in [0.2, 0.25) is 0 Å². The highest BCUT2D eigenvalue weighted by Crippen LogP contribution is 2.50. The first-order chi connectivity index (χ1) is 9.82. The summed E-state index contributed by atoms with van der Waals surface area (Å²) >= 11 is 0. The molecule has 0 spiro atoms. The molecule has 1 aliphatic rings. The zero-order valence-electron chi connectivity index (χ0n) is 14.6. The topological polar surface area (TPSA) is 57.0 Å². The summed E-state index contributed by atoms with van der Waals surface area (Å²) in [4.78, 5) is 2.37. The van der Waals surface area contributed by atoms with Gasteiger partial charge in [0, 0.05) is 50.9 Å². The second kappa shape index (κ2) is 7.88. The number of nitrogens with two attached hydrogens (primary N) is 1. The Bertz CT molecular complexity index is 312. The Morgan fingerprint density at radius 2 is 1.95 bits per heavy atom. The van der Waals surface area contributed by atoms with Crippen molar-refractivity contribution in [2.24, 2.45) is 11.1 Å². The van der Waals surface area contributed by atoms with Crippen LogP contribution in [0.15, 0.2) is 0 Å². The number of hydrogen-bond acceptors (Lipinski definition) is 5. The molecule has 0 aromatic carbocycles. The van der Waals surface area contributed by atoms with E-state index in [0.29, 0.717) is 19.3 Å². The average Bonchev–Trinajstić information content (AvgIpc) is 2.43. The Hall–Kier alpha value is -0.200. The van der Waals surface area contributed by atoms with Crippen LogP contribution in [-0.4, -0.2) is 69.7 Å². The minimum Gasteiger partial charge on any atom is -0.383 e. The van der Waals surface area contributed by atoms with Crippen LogP contribution >= 0.6 is 0 Å². The van der Waals surface area contributed by atoms with Gasteiger partial charge >= 0.3 is 0 Å². The van der Waals surface area contributed by atoms with Crippen molar-refractivity contribution in [2.75, 3.05) is 47.1 Å². The molecule has 0 aromatic heterocycles. The molecule has 1 saturated carbocycles. The van der Waals surface area contributed by atoms with E-state index in [4.69, 9.17) is 19.9 Å². The molecule has 3 unspecified atom stereocenters. The predicted octanol–water partition coefficient (Wildman–Crippen LogP) is 1.50. The van der Waals surface area contributed by atoms with Gasteiger partial charge in [-0.3, -0.25) is 4.90 Å². The van der Waals surface area contributed by atoms with Gasteiger partial charge in [-0.05, 0) is 20.3 Å². The van der Waals surface area contributed by atoms with Gasteiger partial charge < -0.3 is 19.9 Å².